The Bertz CT molecular complexity index is 536. The zero-order valence-electron chi connectivity index (χ0n) is 10.2. The minimum Gasteiger partial charge on any atom is -0.350 e. The topological polar surface area (TPSA) is 69.8 Å². The lowest BCUT2D eigenvalue weighted by Crippen LogP contribution is -2.48. The summed E-state index contributed by atoms with van der Waals surface area (Å²) in [7, 11) is 0. The van der Waals surface area contributed by atoms with E-state index in [9.17, 15) is 4.79 Å². The average Bonchev–Trinajstić information content (AvgIpc) is 2.97. The van der Waals surface area contributed by atoms with E-state index in [-0.39, 0.29) is 18.3 Å². The van der Waals surface area contributed by atoms with Crippen molar-refractivity contribution < 1.29 is 4.79 Å². The first-order valence-electron chi connectivity index (χ1n) is 5.91. The van der Waals surface area contributed by atoms with Gasteiger partial charge in [-0.3, -0.25) is 9.89 Å². The summed E-state index contributed by atoms with van der Waals surface area (Å²) in [5, 5.41) is 15.0. The summed E-state index contributed by atoms with van der Waals surface area (Å²) in [6.07, 6.45) is 0. The Kier molecular flexibility index (Phi) is 4.57. The van der Waals surface area contributed by atoms with Crippen LogP contribution < -0.4 is 10.6 Å². The molecule has 0 saturated carbocycles. The van der Waals surface area contributed by atoms with Gasteiger partial charge in [-0.25, -0.2) is 0 Å². The van der Waals surface area contributed by atoms with E-state index in [4.69, 9.17) is 0 Å². The number of carbonyl (C=O) groups is 1. The molecule has 0 radical (unpaired) electrons. The maximum atomic E-state index is 11.9. The highest BCUT2D eigenvalue weighted by molar-refractivity contribution is 7.13. The number of amides is 1. The number of carbonyl (C=O) groups excluding carboxylic acids is 1. The number of hydrogen-bond acceptors (Lipinski definition) is 4. The van der Waals surface area contributed by atoms with Gasteiger partial charge >= 0.3 is 0 Å². The molecular formula is C12H15ClN4OS. The number of H-pyrrole nitrogens is 1. The normalized spacial score (nSPS) is 14.5. The standard InChI is InChI=1S/C12H14N4OS.ClH/c17-12(14-7-8-5-13-6-8)10-4-9(15-16-10)11-2-1-3-18-11;/h1-4,8,13H,5-7H2,(H,14,17)(H,15,16);1H. The minimum absolute atomic E-state index is 0. The number of nitrogens with zero attached hydrogens (tertiary/aromatic N) is 1. The van der Waals surface area contributed by atoms with E-state index >= 15 is 0 Å². The van der Waals surface area contributed by atoms with Crippen LogP contribution in [0.4, 0.5) is 0 Å². The lowest BCUT2D eigenvalue weighted by atomic mass is 10.0. The zero-order chi connectivity index (χ0) is 12.4. The molecule has 3 heterocycles. The third-order valence-corrected chi connectivity index (χ3v) is 3.92. The van der Waals surface area contributed by atoms with Crippen LogP contribution in [0.3, 0.4) is 0 Å². The molecule has 1 aliphatic rings. The molecule has 5 nitrogen and oxygen atoms in total. The quantitative estimate of drug-likeness (QED) is 0.801. The zero-order valence-corrected chi connectivity index (χ0v) is 11.8. The van der Waals surface area contributed by atoms with Gasteiger partial charge in [-0.2, -0.15) is 5.10 Å². The molecular weight excluding hydrogens is 284 g/mol. The summed E-state index contributed by atoms with van der Waals surface area (Å²) < 4.78 is 0. The molecule has 3 rings (SSSR count). The number of thiophene rings is 1. The third kappa shape index (κ3) is 3.15. The van der Waals surface area contributed by atoms with Crippen LogP contribution in [0.1, 0.15) is 10.5 Å². The summed E-state index contributed by atoms with van der Waals surface area (Å²) in [5.74, 6) is 0.450. The van der Waals surface area contributed by atoms with E-state index < -0.39 is 0 Å². The van der Waals surface area contributed by atoms with Crippen molar-refractivity contribution in [1.82, 2.24) is 20.8 Å². The summed E-state index contributed by atoms with van der Waals surface area (Å²) in [5.41, 5.74) is 1.34. The van der Waals surface area contributed by atoms with Crippen molar-refractivity contribution in [3.8, 4) is 10.6 Å². The van der Waals surface area contributed by atoms with Crippen molar-refractivity contribution in [2.45, 2.75) is 0 Å². The van der Waals surface area contributed by atoms with Gasteiger partial charge in [0.2, 0.25) is 0 Å². The molecule has 102 valence electrons. The van der Waals surface area contributed by atoms with Gasteiger partial charge in [-0.1, -0.05) is 6.07 Å². The van der Waals surface area contributed by atoms with Crippen molar-refractivity contribution in [1.29, 1.82) is 0 Å². The number of halogens is 1. The second-order valence-electron chi connectivity index (χ2n) is 4.38. The lowest BCUT2D eigenvalue weighted by molar-refractivity contribution is 0.0937. The summed E-state index contributed by atoms with van der Waals surface area (Å²) in [6, 6.07) is 5.77. The summed E-state index contributed by atoms with van der Waals surface area (Å²) in [4.78, 5) is 12.9. The van der Waals surface area contributed by atoms with Crippen LogP contribution in [0, 0.1) is 5.92 Å². The van der Waals surface area contributed by atoms with Crippen LogP contribution in [0.2, 0.25) is 0 Å². The number of nitrogens with one attached hydrogen (secondary N) is 3. The molecule has 2 aromatic heterocycles. The van der Waals surface area contributed by atoms with Gasteiger partial charge in [0.05, 0.1) is 10.6 Å². The molecule has 1 amide bonds. The summed E-state index contributed by atoms with van der Waals surface area (Å²) in [6.45, 7) is 2.69. The van der Waals surface area contributed by atoms with Crippen molar-refractivity contribution in [2.75, 3.05) is 19.6 Å². The first kappa shape index (κ1) is 14.0. The number of aromatic nitrogens is 2. The predicted molar refractivity (Wildman–Crippen MR) is 77.8 cm³/mol. The molecule has 0 atom stereocenters. The SMILES string of the molecule is Cl.O=C(NCC1CNC1)c1cc(-c2cccs2)[nH]n1. The number of hydrogen-bond donors (Lipinski definition) is 3. The molecule has 1 saturated heterocycles. The van der Waals surface area contributed by atoms with E-state index in [0.717, 1.165) is 23.7 Å². The minimum atomic E-state index is -0.110. The molecule has 0 unspecified atom stereocenters. The van der Waals surface area contributed by atoms with Gasteiger partial charge < -0.3 is 10.6 Å². The molecule has 7 heteroatoms. The number of rotatable bonds is 4. The van der Waals surface area contributed by atoms with E-state index in [1.54, 1.807) is 17.4 Å². The molecule has 2 aromatic rings. The van der Waals surface area contributed by atoms with E-state index in [1.807, 2.05) is 17.5 Å². The van der Waals surface area contributed by atoms with Gasteiger partial charge in [0, 0.05) is 25.6 Å². The Labute approximate surface area is 121 Å². The van der Waals surface area contributed by atoms with Crippen LogP contribution in [-0.2, 0) is 0 Å². The van der Waals surface area contributed by atoms with Crippen molar-refractivity contribution in [3.05, 3.63) is 29.3 Å². The molecule has 1 aliphatic heterocycles. The fourth-order valence-electron chi connectivity index (χ4n) is 1.82. The third-order valence-electron chi connectivity index (χ3n) is 3.01. The largest absolute Gasteiger partial charge is 0.350 e. The molecule has 19 heavy (non-hydrogen) atoms. The summed E-state index contributed by atoms with van der Waals surface area (Å²) >= 11 is 1.62. The molecule has 0 aliphatic carbocycles. The smallest absolute Gasteiger partial charge is 0.271 e. The van der Waals surface area contributed by atoms with Crippen LogP contribution in [-0.4, -0.2) is 35.7 Å². The first-order chi connectivity index (χ1) is 8.83. The molecule has 1 fully saturated rings. The second-order valence-corrected chi connectivity index (χ2v) is 5.33. The van der Waals surface area contributed by atoms with Crippen LogP contribution in [0.25, 0.3) is 10.6 Å². The van der Waals surface area contributed by atoms with Gasteiger partial charge in [0.25, 0.3) is 5.91 Å². The van der Waals surface area contributed by atoms with E-state index in [1.165, 1.54) is 0 Å². The Morgan fingerprint density at radius 2 is 2.37 bits per heavy atom. The molecule has 0 aromatic carbocycles. The Hall–Kier alpha value is -1.37. The van der Waals surface area contributed by atoms with Crippen molar-refractivity contribution >= 4 is 29.7 Å². The fourth-order valence-corrected chi connectivity index (χ4v) is 2.51. The highest BCUT2D eigenvalue weighted by atomic mass is 35.5. The Morgan fingerprint density at radius 3 is 3.00 bits per heavy atom. The Balaban J connectivity index is 0.00000133. The molecule has 0 spiro atoms. The van der Waals surface area contributed by atoms with Crippen LogP contribution in [0.15, 0.2) is 23.6 Å². The second kappa shape index (κ2) is 6.18. The van der Waals surface area contributed by atoms with Gasteiger partial charge in [-0.05, 0) is 17.5 Å². The van der Waals surface area contributed by atoms with Crippen molar-refractivity contribution in [3.63, 3.8) is 0 Å². The first-order valence-corrected chi connectivity index (χ1v) is 6.79. The average molecular weight is 299 g/mol. The maximum absolute atomic E-state index is 11.9. The predicted octanol–water partition coefficient (Wildman–Crippen LogP) is 1.51. The maximum Gasteiger partial charge on any atom is 0.271 e. The monoisotopic (exact) mass is 298 g/mol. The van der Waals surface area contributed by atoms with Gasteiger partial charge in [0.15, 0.2) is 5.69 Å². The Morgan fingerprint density at radius 1 is 1.53 bits per heavy atom. The molecule has 0 bridgehead atoms. The van der Waals surface area contributed by atoms with Crippen LogP contribution >= 0.6 is 23.7 Å². The molecule has 3 N–H and O–H groups in total. The van der Waals surface area contributed by atoms with Gasteiger partial charge in [0.1, 0.15) is 0 Å². The van der Waals surface area contributed by atoms with Crippen molar-refractivity contribution in [2.24, 2.45) is 5.92 Å². The van der Waals surface area contributed by atoms with Gasteiger partial charge in [-0.15, -0.1) is 23.7 Å². The van der Waals surface area contributed by atoms with E-state index in [2.05, 4.69) is 20.8 Å². The van der Waals surface area contributed by atoms with Crippen LogP contribution in [0.5, 0.6) is 0 Å². The highest BCUT2D eigenvalue weighted by Crippen LogP contribution is 2.22. The lowest BCUT2D eigenvalue weighted by Gasteiger charge is -2.26. The fraction of sp³-hybridized carbons (Fsp3) is 0.333. The number of aromatic amines is 1. The van der Waals surface area contributed by atoms with E-state index in [0.29, 0.717) is 18.2 Å². The highest BCUT2D eigenvalue weighted by Gasteiger charge is 2.18.